The molecule has 0 aliphatic rings. The van der Waals surface area contributed by atoms with Crippen LogP contribution in [0.3, 0.4) is 0 Å². The number of rotatable bonds is 2. The van der Waals surface area contributed by atoms with E-state index in [9.17, 15) is 4.39 Å². The lowest BCUT2D eigenvalue weighted by atomic mass is 10.2. The quantitative estimate of drug-likeness (QED) is 0.475. The van der Waals surface area contributed by atoms with Crippen molar-refractivity contribution < 1.29 is 4.39 Å². The van der Waals surface area contributed by atoms with Gasteiger partial charge in [0.2, 0.25) is 5.96 Å². The van der Waals surface area contributed by atoms with Crippen LogP contribution in [0.15, 0.2) is 32.9 Å². The van der Waals surface area contributed by atoms with E-state index in [-0.39, 0.29) is 11.8 Å². The maximum atomic E-state index is 12.7. The number of hydrogen-bond donors (Lipinski definition) is 2. The molecule has 0 radical (unpaired) electrons. The maximum absolute atomic E-state index is 12.7. The van der Waals surface area contributed by atoms with Crippen LogP contribution in [0, 0.1) is 5.82 Å². The van der Waals surface area contributed by atoms with Gasteiger partial charge in [-0.15, -0.1) is 5.10 Å². The molecule has 6 heteroatoms. The monoisotopic (exact) mass is 258 g/mol. The molecule has 1 aromatic carbocycles. The Morgan fingerprint density at radius 2 is 2.14 bits per heavy atom. The predicted molar refractivity (Wildman–Crippen MR) is 57.5 cm³/mol. The Morgan fingerprint density at radius 3 is 2.71 bits per heavy atom. The molecule has 1 aromatic rings. The third-order valence-electron chi connectivity index (χ3n) is 1.33. The Hall–Kier alpha value is -1.43. The van der Waals surface area contributed by atoms with Gasteiger partial charge >= 0.3 is 0 Å². The van der Waals surface area contributed by atoms with E-state index in [1.807, 2.05) is 0 Å². The first-order chi connectivity index (χ1) is 6.59. The zero-order valence-electron chi connectivity index (χ0n) is 7.11. The van der Waals surface area contributed by atoms with Gasteiger partial charge in [-0.2, -0.15) is 5.10 Å². The van der Waals surface area contributed by atoms with Gasteiger partial charge in [0.05, 0.1) is 6.21 Å². The molecule has 0 fully saturated rings. The van der Waals surface area contributed by atoms with E-state index in [0.29, 0.717) is 10.0 Å². The van der Waals surface area contributed by atoms with Gasteiger partial charge in [-0.1, -0.05) is 15.9 Å². The summed E-state index contributed by atoms with van der Waals surface area (Å²) in [6.45, 7) is 0. The second kappa shape index (κ2) is 4.71. The van der Waals surface area contributed by atoms with E-state index in [4.69, 9.17) is 11.5 Å². The lowest BCUT2D eigenvalue weighted by Crippen LogP contribution is -2.21. The smallest absolute Gasteiger partial charge is 0.211 e. The van der Waals surface area contributed by atoms with Gasteiger partial charge in [0.25, 0.3) is 0 Å². The average Bonchev–Trinajstić information content (AvgIpc) is 2.08. The van der Waals surface area contributed by atoms with Gasteiger partial charge in [0.1, 0.15) is 5.82 Å². The van der Waals surface area contributed by atoms with Crippen molar-refractivity contribution in [2.24, 2.45) is 21.7 Å². The summed E-state index contributed by atoms with van der Waals surface area (Å²) >= 11 is 3.17. The largest absolute Gasteiger partial charge is 0.369 e. The van der Waals surface area contributed by atoms with E-state index >= 15 is 0 Å². The van der Waals surface area contributed by atoms with Crippen LogP contribution >= 0.6 is 15.9 Å². The summed E-state index contributed by atoms with van der Waals surface area (Å²) in [6.07, 6.45) is 1.42. The molecular formula is C8H8BrFN4. The lowest BCUT2D eigenvalue weighted by molar-refractivity contribution is 0.627. The van der Waals surface area contributed by atoms with Crippen molar-refractivity contribution in [1.82, 2.24) is 0 Å². The van der Waals surface area contributed by atoms with Crippen LogP contribution in [0.4, 0.5) is 4.39 Å². The predicted octanol–water partition coefficient (Wildman–Crippen LogP) is 1.20. The molecule has 0 amide bonds. The molecule has 0 aliphatic heterocycles. The second-order valence-corrected chi connectivity index (χ2v) is 3.29. The van der Waals surface area contributed by atoms with E-state index in [2.05, 4.69) is 26.1 Å². The van der Waals surface area contributed by atoms with Crippen LogP contribution in [-0.2, 0) is 0 Å². The number of hydrogen-bond acceptors (Lipinski definition) is 2. The topological polar surface area (TPSA) is 76.8 Å². The molecule has 1 rings (SSSR count). The summed E-state index contributed by atoms with van der Waals surface area (Å²) in [4.78, 5) is 0. The molecule has 0 heterocycles. The molecule has 0 aliphatic carbocycles. The molecule has 74 valence electrons. The number of benzene rings is 1. The number of nitrogens with two attached hydrogens (primary N) is 2. The van der Waals surface area contributed by atoms with Crippen molar-refractivity contribution in [2.45, 2.75) is 0 Å². The fraction of sp³-hybridized carbons (Fsp3) is 0. The fourth-order valence-corrected chi connectivity index (χ4v) is 1.22. The zero-order valence-corrected chi connectivity index (χ0v) is 8.70. The van der Waals surface area contributed by atoms with Crippen molar-refractivity contribution in [1.29, 1.82) is 0 Å². The van der Waals surface area contributed by atoms with Crippen molar-refractivity contribution in [2.75, 3.05) is 0 Å². The highest BCUT2D eigenvalue weighted by Crippen LogP contribution is 2.15. The van der Waals surface area contributed by atoms with Gasteiger partial charge < -0.3 is 11.5 Å². The summed E-state index contributed by atoms with van der Waals surface area (Å²) in [5.74, 6) is -0.449. The Balaban J connectivity index is 2.87. The molecule has 14 heavy (non-hydrogen) atoms. The summed E-state index contributed by atoms with van der Waals surface area (Å²) < 4.78 is 13.2. The van der Waals surface area contributed by atoms with Crippen molar-refractivity contribution in [3.63, 3.8) is 0 Å². The lowest BCUT2D eigenvalue weighted by Gasteiger charge is -1.96. The van der Waals surface area contributed by atoms with Crippen LogP contribution in [0.2, 0.25) is 0 Å². The van der Waals surface area contributed by atoms with Gasteiger partial charge in [0.15, 0.2) is 0 Å². The average molecular weight is 259 g/mol. The van der Waals surface area contributed by atoms with Crippen LogP contribution in [0.25, 0.3) is 0 Å². The normalized spacial score (nSPS) is 10.4. The van der Waals surface area contributed by atoms with Gasteiger partial charge in [-0.05, 0) is 18.2 Å². The minimum Gasteiger partial charge on any atom is -0.369 e. The standard InChI is InChI=1S/C8H8BrFN4/c9-7-3-6(10)2-1-5(7)4-13-14-8(11)12/h1-4H,(H4,11,12,14). The van der Waals surface area contributed by atoms with Crippen LogP contribution in [-0.4, -0.2) is 12.2 Å². The Morgan fingerprint density at radius 1 is 1.43 bits per heavy atom. The first kappa shape index (κ1) is 10.6. The fourth-order valence-electron chi connectivity index (χ4n) is 0.764. The number of nitrogens with zero attached hydrogens (tertiary/aromatic N) is 2. The first-order valence-electron chi connectivity index (χ1n) is 3.66. The Kier molecular flexibility index (Phi) is 3.58. The molecule has 0 spiro atoms. The molecule has 0 atom stereocenters. The molecule has 0 aromatic heterocycles. The van der Waals surface area contributed by atoms with Crippen LogP contribution in [0.5, 0.6) is 0 Å². The first-order valence-corrected chi connectivity index (χ1v) is 4.46. The maximum Gasteiger partial charge on any atom is 0.211 e. The highest BCUT2D eigenvalue weighted by molar-refractivity contribution is 9.10. The molecule has 0 saturated carbocycles. The van der Waals surface area contributed by atoms with Gasteiger partial charge in [-0.3, -0.25) is 0 Å². The summed E-state index contributed by atoms with van der Waals surface area (Å²) in [7, 11) is 0. The third kappa shape index (κ3) is 3.14. The van der Waals surface area contributed by atoms with Gasteiger partial charge in [-0.25, -0.2) is 4.39 Å². The van der Waals surface area contributed by atoms with Crippen LogP contribution < -0.4 is 11.5 Å². The van der Waals surface area contributed by atoms with E-state index in [1.54, 1.807) is 6.07 Å². The molecule has 0 unspecified atom stereocenters. The number of guanidine groups is 1. The van der Waals surface area contributed by atoms with Crippen LogP contribution in [0.1, 0.15) is 5.56 Å². The third-order valence-corrected chi connectivity index (χ3v) is 2.02. The van der Waals surface area contributed by atoms with Crippen molar-refractivity contribution >= 4 is 28.1 Å². The minimum absolute atomic E-state index is 0.125. The van der Waals surface area contributed by atoms with E-state index < -0.39 is 0 Å². The molecule has 0 saturated heterocycles. The van der Waals surface area contributed by atoms with E-state index in [0.717, 1.165) is 0 Å². The zero-order chi connectivity index (χ0) is 10.6. The highest BCUT2D eigenvalue weighted by atomic mass is 79.9. The van der Waals surface area contributed by atoms with Crippen molar-refractivity contribution in [3.05, 3.63) is 34.1 Å². The number of halogens is 2. The van der Waals surface area contributed by atoms with Crippen molar-refractivity contribution in [3.8, 4) is 0 Å². The SMILES string of the molecule is NC(N)=NN=Cc1ccc(F)cc1Br. The van der Waals surface area contributed by atoms with Gasteiger partial charge in [0, 0.05) is 10.0 Å². The minimum atomic E-state index is -0.323. The second-order valence-electron chi connectivity index (χ2n) is 2.44. The summed E-state index contributed by atoms with van der Waals surface area (Å²) in [6, 6.07) is 4.21. The Labute approximate surface area is 88.6 Å². The molecular weight excluding hydrogens is 251 g/mol. The molecule has 4 nitrogen and oxygen atoms in total. The Bertz CT molecular complexity index is 385. The summed E-state index contributed by atoms with van der Waals surface area (Å²) in [5.41, 5.74) is 10.8. The molecule has 4 N–H and O–H groups in total. The van der Waals surface area contributed by atoms with E-state index in [1.165, 1.54) is 18.3 Å². The highest BCUT2D eigenvalue weighted by Gasteiger charge is 1.97. The molecule has 0 bridgehead atoms. The summed E-state index contributed by atoms with van der Waals surface area (Å²) in [5, 5.41) is 7.00.